The number of ether oxygens (including phenoxy) is 1. The average molecular weight is 874 g/mol. The lowest BCUT2D eigenvalue weighted by Gasteiger charge is -2.22. The van der Waals surface area contributed by atoms with Gasteiger partial charge in [0.25, 0.3) is 0 Å². The summed E-state index contributed by atoms with van der Waals surface area (Å²) in [5, 5.41) is 23.2. The van der Waals surface area contributed by atoms with Crippen LogP contribution in [-0.4, -0.2) is 47.4 Å². The van der Waals surface area contributed by atoms with Crippen LogP contribution >= 0.6 is 0 Å². The highest BCUT2D eigenvalue weighted by atomic mass is 16.5. The maximum Gasteiger partial charge on any atom is 0.305 e. The third-order valence-corrected chi connectivity index (χ3v) is 12.7. The summed E-state index contributed by atoms with van der Waals surface area (Å²) in [5.41, 5.74) is 0. The number of allylic oxidation sites excluding steroid dienone is 4. The van der Waals surface area contributed by atoms with E-state index in [4.69, 9.17) is 4.74 Å². The van der Waals surface area contributed by atoms with Gasteiger partial charge in [0.15, 0.2) is 0 Å². The van der Waals surface area contributed by atoms with Crippen molar-refractivity contribution in [1.82, 2.24) is 5.32 Å². The highest BCUT2D eigenvalue weighted by Crippen LogP contribution is 2.16. The van der Waals surface area contributed by atoms with Crippen molar-refractivity contribution in [2.24, 2.45) is 0 Å². The number of rotatable bonds is 51. The van der Waals surface area contributed by atoms with Crippen molar-refractivity contribution < 1.29 is 24.5 Å². The Labute approximate surface area is 386 Å². The van der Waals surface area contributed by atoms with E-state index in [1.54, 1.807) is 0 Å². The minimum Gasteiger partial charge on any atom is -0.466 e. The molecule has 0 aromatic carbocycles. The molecule has 0 aliphatic rings. The Morgan fingerprint density at radius 2 is 0.758 bits per heavy atom. The summed E-state index contributed by atoms with van der Waals surface area (Å²) in [6.07, 6.45) is 61.6. The maximum absolute atomic E-state index is 12.4. The number of hydrogen-bond acceptors (Lipinski definition) is 5. The first-order valence-corrected chi connectivity index (χ1v) is 27.6. The standard InChI is InChI=1S/C56H107NO5/c1-3-5-7-9-11-13-15-25-30-34-38-42-46-50-56(61)62-51-47-43-39-35-31-27-24-22-20-18-17-19-21-23-26-29-33-37-41-45-49-55(60)57-53(52-58)54(59)48-44-40-36-32-28-16-14-12-10-8-6-4-2/h13,15,17,19,53-54,58-59H,3-12,14,16,18,20-52H2,1-2H3,(H,57,60)/b15-13-,19-17-. The van der Waals surface area contributed by atoms with Crippen LogP contribution < -0.4 is 5.32 Å². The Kier molecular flexibility index (Phi) is 50.6. The largest absolute Gasteiger partial charge is 0.466 e. The lowest BCUT2D eigenvalue weighted by Crippen LogP contribution is -2.45. The minimum absolute atomic E-state index is 0.00318. The molecule has 2 atom stereocenters. The first kappa shape index (κ1) is 60.3. The zero-order valence-corrected chi connectivity index (χ0v) is 41.6. The SMILES string of the molecule is CCCCCC/C=C\CCCCCCCC(=O)OCCCCCCCCCCC/C=C\CCCCCCCCCC(=O)NC(CO)C(O)CCCCCCCCCCCCCC. The smallest absolute Gasteiger partial charge is 0.305 e. The number of hydrogen-bond donors (Lipinski definition) is 3. The predicted octanol–water partition coefficient (Wildman–Crippen LogP) is 16.7. The fourth-order valence-corrected chi connectivity index (χ4v) is 8.45. The van der Waals surface area contributed by atoms with Crippen molar-refractivity contribution in [3.8, 4) is 0 Å². The van der Waals surface area contributed by atoms with Crippen molar-refractivity contribution in [2.75, 3.05) is 13.2 Å². The normalized spacial score (nSPS) is 12.8. The summed E-state index contributed by atoms with van der Waals surface area (Å²) < 4.78 is 5.46. The number of esters is 1. The van der Waals surface area contributed by atoms with Crippen molar-refractivity contribution in [3.05, 3.63) is 24.3 Å². The second kappa shape index (κ2) is 52.0. The van der Waals surface area contributed by atoms with Gasteiger partial charge in [0.2, 0.25) is 5.91 Å². The topological polar surface area (TPSA) is 95.9 Å². The van der Waals surface area contributed by atoms with Gasteiger partial charge in [-0.1, -0.05) is 231 Å². The van der Waals surface area contributed by atoms with Crippen LogP contribution in [0.25, 0.3) is 0 Å². The van der Waals surface area contributed by atoms with Crippen molar-refractivity contribution in [2.45, 2.75) is 309 Å². The summed E-state index contributed by atoms with van der Waals surface area (Å²) >= 11 is 0. The van der Waals surface area contributed by atoms with Crippen LogP contribution in [0, 0.1) is 0 Å². The van der Waals surface area contributed by atoms with Crippen LogP contribution in [0.4, 0.5) is 0 Å². The fraction of sp³-hybridized carbons (Fsp3) is 0.893. The van der Waals surface area contributed by atoms with E-state index in [9.17, 15) is 19.8 Å². The molecular weight excluding hydrogens is 767 g/mol. The van der Waals surface area contributed by atoms with Crippen molar-refractivity contribution >= 4 is 11.9 Å². The Morgan fingerprint density at radius 3 is 1.16 bits per heavy atom. The molecule has 0 spiro atoms. The van der Waals surface area contributed by atoms with Gasteiger partial charge >= 0.3 is 5.97 Å². The van der Waals surface area contributed by atoms with Gasteiger partial charge < -0.3 is 20.3 Å². The van der Waals surface area contributed by atoms with Crippen LogP contribution in [0.5, 0.6) is 0 Å². The Balaban J connectivity index is 3.43. The van der Waals surface area contributed by atoms with Gasteiger partial charge in [-0.2, -0.15) is 0 Å². The molecule has 0 heterocycles. The van der Waals surface area contributed by atoms with Crippen LogP contribution in [0.15, 0.2) is 24.3 Å². The summed E-state index contributed by atoms with van der Waals surface area (Å²) in [5.74, 6) is -0.0473. The number of carbonyl (C=O) groups excluding carboxylic acids is 2. The van der Waals surface area contributed by atoms with Gasteiger partial charge in [-0.3, -0.25) is 9.59 Å². The van der Waals surface area contributed by atoms with E-state index < -0.39 is 12.1 Å². The molecule has 0 aliphatic heterocycles. The van der Waals surface area contributed by atoms with E-state index in [1.807, 2.05) is 0 Å². The number of aliphatic hydroxyl groups is 2. The summed E-state index contributed by atoms with van der Waals surface area (Å²) in [6, 6.07) is -0.546. The van der Waals surface area contributed by atoms with E-state index in [2.05, 4.69) is 43.5 Å². The molecule has 6 heteroatoms. The third-order valence-electron chi connectivity index (χ3n) is 12.7. The summed E-state index contributed by atoms with van der Waals surface area (Å²) in [6.45, 7) is 4.92. The van der Waals surface area contributed by atoms with Crippen LogP contribution in [0.1, 0.15) is 296 Å². The molecule has 0 aliphatic carbocycles. The molecular formula is C56H107NO5. The summed E-state index contributed by atoms with van der Waals surface area (Å²) in [7, 11) is 0. The molecule has 0 fully saturated rings. The van der Waals surface area contributed by atoms with Crippen LogP contribution in [-0.2, 0) is 14.3 Å². The quantitative estimate of drug-likeness (QED) is 0.0321. The monoisotopic (exact) mass is 874 g/mol. The van der Waals surface area contributed by atoms with E-state index in [0.717, 1.165) is 44.9 Å². The van der Waals surface area contributed by atoms with Gasteiger partial charge in [0.05, 0.1) is 25.4 Å². The lowest BCUT2D eigenvalue weighted by molar-refractivity contribution is -0.143. The number of carbonyl (C=O) groups is 2. The van der Waals surface area contributed by atoms with Crippen molar-refractivity contribution in [1.29, 1.82) is 0 Å². The zero-order chi connectivity index (χ0) is 45.1. The van der Waals surface area contributed by atoms with Gasteiger partial charge in [0.1, 0.15) is 0 Å². The molecule has 62 heavy (non-hydrogen) atoms. The van der Waals surface area contributed by atoms with E-state index in [0.29, 0.717) is 25.9 Å². The first-order chi connectivity index (χ1) is 30.5. The molecule has 0 saturated heterocycles. The number of unbranched alkanes of at least 4 members (excludes halogenated alkanes) is 36. The molecule has 0 saturated carbocycles. The molecule has 0 rings (SSSR count). The number of nitrogens with one attached hydrogen (secondary N) is 1. The second-order valence-electron chi connectivity index (χ2n) is 18.9. The average Bonchev–Trinajstić information content (AvgIpc) is 3.27. The Morgan fingerprint density at radius 1 is 0.435 bits per heavy atom. The fourth-order valence-electron chi connectivity index (χ4n) is 8.45. The van der Waals surface area contributed by atoms with E-state index in [-0.39, 0.29) is 18.5 Å². The van der Waals surface area contributed by atoms with Crippen LogP contribution in [0.2, 0.25) is 0 Å². The van der Waals surface area contributed by atoms with Crippen molar-refractivity contribution in [3.63, 3.8) is 0 Å². The minimum atomic E-state index is -0.668. The van der Waals surface area contributed by atoms with Gasteiger partial charge in [-0.05, 0) is 77.0 Å². The summed E-state index contributed by atoms with van der Waals surface area (Å²) in [4.78, 5) is 24.4. The lowest BCUT2D eigenvalue weighted by atomic mass is 10.0. The molecule has 0 bridgehead atoms. The zero-order valence-electron chi connectivity index (χ0n) is 41.6. The molecule has 0 aromatic rings. The molecule has 3 N–H and O–H groups in total. The molecule has 0 aromatic heterocycles. The maximum atomic E-state index is 12.4. The van der Waals surface area contributed by atoms with E-state index >= 15 is 0 Å². The van der Waals surface area contributed by atoms with Crippen LogP contribution in [0.3, 0.4) is 0 Å². The predicted molar refractivity (Wildman–Crippen MR) is 269 cm³/mol. The number of aliphatic hydroxyl groups excluding tert-OH is 2. The highest BCUT2D eigenvalue weighted by Gasteiger charge is 2.20. The molecule has 0 radical (unpaired) electrons. The van der Waals surface area contributed by atoms with Gasteiger partial charge in [0, 0.05) is 12.8 Å². The van der Waals surface area contributed by atoms with E-state index in [1.165, 1.54) is 218 Å². The molecule has 1 amide bonds. The molecule has 2 unspecified atom stereocenters. The number of amides is 1. The Bertz CT molecular complexity index is 966. The molecule has 366 valence electrons. The van der Waals surface area contributed by atoms with Gasteiger partial charge in [-0.25, -0.2) is 0 Å². The Hall–Kier alpha value is -1.66. The second-order valence-corrected chi connectivity index (χ2v) is 18.9. The molecule has 6 nitrogen and oxygen atoms in total. The van der Waals surface area contributed by atoms with Gasteiger partial charge in [-0.15, -0.1) is 0 Å². The third kappa shape index (κ3) is 47.8. The first-order valence-electron chi connectivity index (χ1n) is 27.6. The highest BCUT2D eigenvalue weighted by molar-refractivity contribution is 5.76.